The van der Waals surface area contributed by atoms with Crippen LogP contribution < -0.4 is 5.09 Å². The summed E-state index contributed by atoms with van der Waals surface area (Å²) in [6.45, 7) is 0. The molecular weight excluding hydrogens is 160 g/mol. The first-order valence-electron chi connectivity index (χ1n) is 1.24. The molecule has 0 spiro atoms. The van der Waals surface area contributed by atoms with Gasteiger partial charge >= 0.3 is 0 Å². The van der Waals surface area contributed by atoms with Crippen molar-refractivity contribution in [3.05, 3.63) is 0 Å². The third-order valence-electron chi connectivity index (χ3n) is 0.260. The molecule has 5 heteroatoms. The molecule has 0 fully saturated rings. The maximum atomic E-state index is 5.30. The lowest BCUT2D eigenvalue weighted by Crippen LogP contribution is -1.89. The smallest absolute Gasteiger partial charge is 0.180 e. The molecule has 1 nitrogen and oxygen atoms in total. The van der Waals surface area contributed by atoms with Crippen LogP contribution in [0.15, 0.2) is 0 Å². The average molecular weight is 164 g/mol. The van der Waals surface area contributed by atoms with Crippen LogP contribution in [0, 0.1) is 0 Å². The maximum Gasteiger partial charge on any atom is 0.180 e. The van der Waals surface area contributed by atoms with Gasteiger partial charge < -0.3 is 0 Å². The van der Waals surface area contributed by atoms with Crippen molar-refractivity contribution < 1.29 is 0 Å². The van der Waals surface area contributed by atoms with E-state index in [0.29, 0.717) is 0 Å². The van der Waals surface area contributed by atoms with Gasteiger partial charge in [0.25, 0.3) is 0 Å². The molecule has 1 N–H and O–H groups in total. The first-order valence-corrected chi connectivity index (χ1v) is 5.86. The highest BCUT2D eigenvalue weighted by Crippen LogP contribution is 2.51. The van der Waals surface area contributed by atoms with Gasteiger partial charge in [-0.15, -0.1) is 0 Å². The van der Waals surface area contributed by atoms with E-state index < -0.39 is 4.89 Å². The molecule has 0 radical (unpaired) electrons. The molecule has 0 aromatic carbocycles. The van der Waals surface area contributed by atoms with Crippen LogP contribution in [0.25, 0.3) is 0 Å². The van der Waals surface area contributed by atoms with Gasteiger partial charge in [-0.05, 0) is 18.9 Å². The van der Waals surface area contributed by atoms with Gasteiger partial charge in [-0.3, -0.25) is 5.09 Å². The van der Waals surface area contributed by atoms with E-state index in [9.17, 15) is 0 Å². The van der Waals surface area contributed by atoms with Crippen molar-refractivity contribution in [1.82, 2.24) is 5.09 Å². The minimum Gasteiger partial charge on any atom is -0.268 e. The van der Waals surface area contributed by atoms with Gasteiger partial charge in [0.15, 0.2) is 4.89 Å². The van der Waals surface area contributed by atoms with Crippen LogP contribution >= 0.6 is 27.4 Å². The van der Waals surface area contributed by atoms with Crippen molar-refractivity contribution in [2.45, 2.75) is 0 Å². The zero-order valence-electron chi connectivity index (χ0n) is 3.11. The Hall–Kier alpha value is 1.19. The highest BCUT2D eigenvalue weighted by atomic mass is 35.9. The molecule has 0 atom stereocenters. The zero-order valence-corrected chi connectivity index (χ0v) is 6.33. The Morgan fingerprint density at radius 2 is 1.83 bits per heavy atom. The third kappa shape index (κ3) is 5.19. The molecule has 0 unspecified atom stereocenters. The van der Waals surface area contributed by atoms with Crippen molar-refractivity contribution in [3.8, 4) is 0 Å². The predicted molar refractivity (Wildman–Crippen MR) is 35.1 cm³/mol. The van der Waals surface area contributed by atoms with Crippen LogP contribution in [0.1, 0.15) is 0 Å². The minimum atomic E-state index is -2.12. The number of halogens is 2. The van der Waals surface area contributed by atoms with Gasteiger partial charge in [0, 0.05) is 0 Å². The van der Waals surface area contributed by atoms with Crippen LogP contribution in [-0.4, -0.2) is 7.05 Å². The summed E-state index contributed by atoms with van der Waals surface area (Å²) < 4.78 is 0. The second-order valence-corrected chi connectivity index (χ2v) is 8.47. The van der Waals surface area contributed by atoms with Crippen LogP contribution in [-0.2, 0) is 11.8 Å². The Morgan fingerprint density at radius 3 is 1.83 bits per heavy atom. The molecule has 0 aliphatic carbocycles. The Kier molecular flexibility index (Phi) is 2.98. The fourth-order valence-corrected chi connectivity index (χ4v) is 0. The van der Waals surface area contributed by atoms with Crippen molar-refractivity contribution in [3.63, 3.8) is 0 Å². The third-order valence-corrected chi connectivity index (χ3v) is 2.34. The van der Waals surface area contributed by atoms with Crippen LogP contribution in [0.2, 0.25) is 0 Å². The monoisotopic (exact) mass is 163 g/mol. The zero-order chi connectivity index (χ0) is 5.21. The Bertz CT molecular complexity index is 77.6. The summed E-state index contributed by atoms with van der Waals surface area (Å²) >= 11 is 15.1. The van der Waals surface area contributed by atoms with E-state index in [1.165, 1.54) is 0 Å². The second kappa shape index (κ2) is 2.49. The fraction of sp³-hybridized carbons (Fsp3) is 1.00. The molecule has 0 rings (SSSR count). The molecule has 0 heterocycles. The second-order valence-electron chi connectivity index (χ2n) is 0.686. The lowest BCUT2D eigenvalue weighted by molar-refractivity contribution is 1.29. The summed E-state index contributed by atoms with van der Waals surface area (Å²) in [5, 5.41) is 2.56. The molecule has 0 aliphatic heterocycles. The summed E-state index contributed by atoms with van der Waals surface area (Å²) in [4.78, 5) is -2.12. The first-order chi connectivity index (χ1) is 2.56. The van der Waals surface area contributed by atoms with E-state index in [0.717, 1.165) is 0 Å². The van der Waals surface area contributed by atoms with Crippen LogP contribution in [0.4, 0.5) is 0 Å². The van der Waals surface area contributed by atoms with Gasteiger partial charge in [0.05, 0.1) is 0 Å². The average Bonchev–Trinajstić information content (AvgIpc) is 1.35. The van der Waals surface area contributed by atoms with Crippen molar-refractivity contribution in [1.29, 1.82) is 0 Å². The summed E-state index contributed by atoms with van der Waals surface area (Å²) in [6.07, 6.45) is 0. The SMILES string of the molecule is CNP(=S)(Cl)Cl. The lowest BCUT2D eigenvalue weighted by atomic mass is 11.6. The fourth-order valence-electron chi connectivity index (χ4n) is 0. The lowest BCUT2D eigenvalue weighted by Gasteiger charge is -1.97. The molecule has 0 aromatic heterocycles. The molecule has 0 saturated carbocycles. The van der Waals surface area contributed by atoms with E-state index in [-0.39, 0.29) is 0 Å². The molecule has 6 heavy (non-hydrogen) atoms. The van der Waals surface area contributed by atoms with E-state index in [2.05, 4.69) is 16.9 Å². The van der Waals surface area contributed by atoms with E-state index in [4.69, 9.17) is 22.5 Å². The largest absolute Gasteiger partial charge is 0.268 e. The minimum absolute atomic E-state index is 1.64. The van der Waals surface area contributed by atoms with Gasteiger partial charge in [-0.2, -0.15) is 0 Å². The number of nitrogens with one attached hydrogen (secondary N) is 1. The van der Waals surface area contributed by atoms with Crippen molar-refractivity contribution in [2.24, 2.45) is 0 Å². The highest BCUT2D eigenvalue weighted by molar-refractivity contribution is 8.38. The summed E-state index contributed by atoms with van der Waals surface area (Å²) in [6, 6.07) is 0. The predicted octanol–water partition coefficient (Wildman–Crippen LogP) is 1.91. The van der Waals surface area contributed by atoms with Crippen molar-refractivity contribution in [2.75, 3.05) is 7.05 Å². The molecule has 0 saturated heterocycles. The summed E-state index contributed by atoms with van der Waals surface area (Å²) in [5.41, 5.74) is 0. The quantitative estimate of drug-likeness (QED) is 0.594. The molecular formula is CH4Cl2NPS. The van der Waals surface area contributed by atoms with Crippen LogP contribution in [0.5, 0.6) is 0 Å². The van der Waals surface area contributed by atoms with Crippen molar-refractivity contribution >= 4 is 39.2 Å². The number of hydrogen-bond acceptors (Lipinski definition) is 1. The van der Waals surface area contributed by atoms with E-state index in [1.807, 2.05) is 0 Å². The Labute approximate surface area is 51.7 Å². The Morgan fingerprint density at radius 1 is 1.67 bits per heavy atom. The standard InChI is InChI=1S/CH4Cl2NPS/c1-4-5(2,3)6/h1H3,(H,4,6). The van der Waals surface area contributed by atoms with Gasteiger partial charge in [0.2, 0.25) is 0 Å². The van der Waals surface area contributed by atoms with Gasteiger partial charge in [-0.25, -0.2) is 0 Å². The highest BCUT2D eigenvalue weighted by Gasteiger charge is 1.98. The number of rotatable bonds is 1. The maximum absolute atomic E-state index is 5.30. The molecule has 0 amide bonds. The molecule has 0 aliphatic rings. The summed E-state index contributed by atoms with van der Waals surface area (Å²) in [5.74, 6) is 0. The Balaban J connectivity index is 3.48. The molecule has 38 valence electrons. The number of hydrogen-bond donors (Lipinski definition) is 1. The first kappa shape index (κ1) is 7.19. The van der Waals surface area contributed by atoms with Crippen LogP contribution in [0.3, 0.4) is 0 Å². The van der Waals surface area contributed by atoms with E-state index >= 15 is 0 Å². The van der Waals surface area contributed by atoms with Gasteiger partial charge in [-0.1, -0.05) is 22.5 Å². The normalized spacial score (nSPS) is 11.8. The van der Waals surface area contributed by atoms with E-state index in [1.54, 1.807) is 7.05 Å². The molecule has 0 bridgehead atoms. The topological polar surface area (TPSA) is 12.0 Å². The summed E-state index contributed by atoms with van der Waals surface area (Å²) in [7, 11) is 1.64. The molecule has 0 aromatic rings. The van der Waals surface area contributed by atoms with Gasteiger partial charge in [0.1, 0.15) is 0 Å².